The molecular weight excluding hydrogens is 465 g/mol. The number of carbonyl (C=O) groups is 1. The van der Waals surface area contributed by atoms with Crippen LogP contribution in [0.2, 0.25) is 0 Å². The van der Waals surface area contributed by atoms with Gasteiger partial charge in [0.15, 0.2) is 0 Å². The van der Waals surface area contributed by atoms with E-state index in [9.17, 15) is 9.18 Å². The van der Waals surface area contributed by atoms with E-state index in [2.05, 4.69) is 35.2 Å². The highest BCUT2D eigenvalue weighted by molar-refractivity contribution is 6.03. The van der Waals surface area contributed by atoms with Gasteiger partial charge in [-0.05, 0) is 48.9 Å². The van der Waals surface area contributed by atoms with Gasteiger partial charge in [-0.2, -0.15) is 0 Å². The molecule has 0 saturated heterocycles. The zero-order valence-corrected chi connectivity index (χ0v) is 24.6. The van der Waals surface area contributed by atoms with Crippen LogP contribution < -0.4 is 16.0 Å². The molecule has 37 heavy (non-hydrogen) atoms. The number of rotatable bonds is 8. The first-order chi connectivity index (χ1) is 18.0. The number of aromatic nitrogens is 1. The molecule has 6 nitrogen and oxygen atoms in total. The third-order valence-corrected chi connectivity index (χ3v) is 5.82. The van der Waals surface area contributed by atoms with E-state index >= 15 is 0 Å². The number of hydrogen-bond donors (Lipinski definition) is 2. The van der Waals surface area contributed by atoms with Crippen LogP contribution in [0.4, 0.5) is 26.4 Å². The van der Waals surface area contributed by atoms with Crippen molar-refractivity contribution in [3.63, 3.8) is 0 Å². The van der Waals surface area contributed by atoms with E-state index in [0.717, 1.165) is 31.2 Å². The molecule has 7 heteroatoms. The summed E-state index contributed by atoms with van der Waals surface area (Å²) in [6, 6.07) is 4.63. The van der Waals surface area contributed by atoms with E-state index in [0.29, 0.717) is 29.5 Å². The molecule has 2 amide bonds. The third kappa shape index (κ3) is 9.45. The van der Waals surface area contributed by atoms with Crippen LogP contribution in [0.3, 0.4) is 0 Å². The summed E-state index contributed by atoms with van der Waals surface area (Å²) in [6.07, 6.45) is 9.83. The topological polar surface area (TPSA) is 83.6 Å². The van der Waals surface area contributed by atoms with Gasteiger partial charge < -0.3 is 11.1 Å². The fourth-order valence-electron chi connectivity index (χ4n) is 4.30. The van der Waals surface area contributed by atoms with Crippen molar-refractivity contribution in [2.75, 3.05) is 29.5 Å². The molecule has 1 aliphatic heterocycles. The lowest BCUT2D eigenvalue weighted by Crippen LogP contribution is -2.34. The lowest BCUT2D eigenvalue weighted by Gasteiger charge is -2.21. The minimum absolute atomic E-state index is 0.00970. The molecule has 3 N–H and O–H groups in total. The van der Waals surface area contributed by atoms with Crippen LogP contribution >= 0.6 is 0 Å². The molecule has 1 aliphatic rings. The second-order valence-electron chi connectivity index (χ2n) is 8.01. The van der Waals surface area contributed by atoms with Crippen LogP contribution in [0.15, 0.2) is 29.4 Å². The highest BCUT2D eigenvalue weighted by atomic mass is 19.1. The van der Waals surface area contributed by atoms with E-state index in [1.54, 1.807) is 24.2 Å². The predicted molar refractivity (Wildman–Crippen MR) is 160 cm³/mol. The van der Waals surface area contributed by atoms with Crippen LogP contribution in [0, 0.1) is 5.82 Å². The highest BCUT2D eigenvalue weighted by Crippen LogP contribution is 2.36. The summed E-state index contributed by atoms with van der Waals surface area (Å²) in [7, 11) is 1.58. The van der Waals surface area contributed by atoms with E-state index in [1.807, 2.05) is 41.5 Å². The Labute approximate surface area is 225 Å². The van der Waals surface area contributed by atoms with Gasteiger partial charge in [0, 0.05) is 42.8 Å². The number of fused-ring (bicyclic) bond motifs is 1. The molecule has 0 fully saturated rings. The molecule has 0 saturated carbocycles. The van der Waals surface area contributed by atoms with Crippen molar-refractivity contribution < 1.29 is 9.18 Å². The monoisotopic (exact) mass is 515 g/mol. The Hall–Kier alpha value is -2.96. The Kier molecular flexibility index (Phi) is 17.7. The van der Waals surface area contributed by atoms with Crippen molar-refractivity contribution in [3.8, 4) is 0 Å². The van der Waals surface area contributed by atoms with E-state index in [-0.39, 0.29) is 11.7 Å². The van der Waals surface area contributed by atoms with Gasteiger partial charge in [0.1, 0.15) is 11.6 Å². The zero-order chi connectivity index (χ0) is 28.4. The number of carbonyl (C=O) groups excluding carboxylic acids is 1. The van der Waals surface area contributed by atoms with E-state index in [1.165, 1.54) is 30.7 Å². The fraction of sp³-hybridized carbons (Fsp3) is 0.567. The largest absolute Gasteiger partial charge is 0.396 e. The number of nitrogens with two attached hydrogens (primary N) is 1. The smallest absolute Gasteiger partial charge is 0.327 e. The number of nitrogen functional groups attached to an aromatic ring is 1. The first-order valence-corrected chi connectivity index (χ1v) is 14.1. The van der Waals surface area contributed by atoms with Crippen LogP contribution in [0.25, 0.3) is 0 Å². The summed E-state index contributed by atoms with van der Waals surface area (Å²) in [5.41, 5.74) is 9.01. The molecule has 208 valence electrons. The Morgan fingerprint density at radius 2 is 1.84 bits per heavy atom. The zero-order valence-electron chi connectivity index (χ0n) is 24.6. The van der Waals surface area contributed by atoms with Crippen molar-refractivity contribution in [2.45, 2.75) is 99.8 Å². The van der Waals surface area contributed by atoms with Crippen molar-refractivity contribution in [1.82, 2.24) is 4.98 Å². The summed E-state index contributed by atoms with van der Waals surface area (Å²) in [5, 5.41) is 2.79. The van der Waals surface area contributed by atoms with Gasteiger partial charge in [-0.1, -0.05) is 74.7 Å². The lowest BCUT2D eigenvalue weighted by molar-refractivity contribution is 0.257. The molecule has 1 atom stereocenters. The first-order valence-electron chi connectivity index (χ1n) is 14.1. The Morgan fingerprint density at radius 3 is 2.43 bits per heavy atom. The maximum absolute atomic E-state index is 14.2. The van der Waals surface area contributed by atoms with Gasteiger partial charge in [-0.25, -0.2) is 14.2 Å². The summed E-state index contributed by atoms with van der Waals surface area (Å²) in [5.74, 6) is 0.610. The van der Waals surface area contributed by atoms with Crippen molar-refractivity contribution in [3.05, 3.63) is 46.9 Å². The molecule has 0 bridgehead atoms. The second kappa shape index (κ2) is 19.2. The fourth-order valence-corrected chi connectivity index (χ4v) is 4.30. The summed E-state index contributed by atoms with van der Waals surface area (Å²) in [6.45, 7) is 17.0. The number of amides is 2. The number of hydrogen-bond acceptors (Lipinski definition) is 4. The number of nitrogens with zero attached hydrogens (tertiary/aromatic N) is 3. The molecule has 2 heterocycles. The summed E-state index contributed by atoms with van der Waals surface area (Å²) in [4.78, 5) is 23.1. The Balaban J connectivity index is 0.00000201. The number of unbranched alkanes of at least 4 members (excludes halogenated alkanes) is 1. The normalized spacial score (nSPS) is 12.3. The number of anilines is 3. The average molecular weight is 516 g/mol. The average Bonchev–Trinajstić information content (AvgIpc) is 3.38. The number of nitrogens with one attached hydrogen (secondary N) is 1. The third-order valence-electron chi connectivity index (χ3n) is 5.82. The molecular formula is C30H50FN5O. The Morgan fingerprint density at radius 1 is 1.16 bits per heavy atom. The number of pyridine rings is 1. The van der Waals surface area contributed by atoms with Crippen molar-refractivity contribution >= 4 is 29.4 Å². The van der Waals surface area contributed by atoms with Gasteiger partial charge in [-0.3, -0.25) is 9.89 Å². The minimum Gasteiger partial charge on any atom is -0.396 e. The van der Waals surface area contributed by atoms with Gasteiger partial charge in [0.2, 0.25) is 0 Å². The lowest BCUT2D eigenvalue weighted by atomic mass is 9.87. The van der Waals surface area contributed by atoms with Crippen LogP contribution in [0.1, 0.15) is 110 Å². The quantitative estimate of drug-likeness (QED) is 0.273. The van der Waals surface area contributed by atoms with E-state index < -0.39 is 5.82 Å². The van der Waals surface area contributed by atoms with E-state index in [4.69, 9.17) is 5.73 Å². The SMILES string of the molecule is CC.CC.CC.CCCCC(CCC)c1ccnc2c1CCN2C(=O)Nc1cc(F)c(N)c(C=NC)c1. The van der Waals surface area contributed by atoms with Crippen LogP contribution in [-0.2, 0) is 6.42 Å². The van der Waals surface area contributed by atoms with Gasteiger partial charge in [0.05, 0.1) is 5.69 Å². The molecule has 1 aromatic carbocycles. The maximum Gasteiger partial charge on any atom is 0.327 e. The van der Waals surface area contributed by atoms with Crippen molar-refractivity contribution in [1.29, 1.82) is 0 Å². The minimum atomic E-state index is -0.590. The number of halogens is 1. The molecule has 1 unspecified atom stereocenters. The molecule has 0 radical (unpaired) electrons. The number of urea groups is 1. The number of aliphatic imine (C=N–C) groups is 1. The molecule has 1 aromatic heterocycles. The Bertz CT molecular complexity index is 961. The van der Waals surface area contributed by atoms with Crippen LogP contribution in [-0.4, -0.2) is 30.8 Å². The summed E-state index contributed by atoms with van der Waals surface area (Å²) >= 11 is 0. The van der Waals surface area contributed by atoms with Crippen LogP contribution in [0.5, 0.6) is 0 Å². The maximum atomic E-state index is 14.2. The number of benzene rings is 1. The predicted octanol–water partition coefficient (Wildman–Crippen LogP) is 8.60. The molecule has 0 spiro atoms. The molecule has 3 rings (SSSR count). The highest BCUT2D eigenvalue weighted by Gasteiger charge is 2.30. The standard InChI is InChI=1S/C24H32FN5O.3C2H6/c1-4-6-8-16(7-5-2)19-9-11-28-23-20(19)10-12-30(23)24(31)29-18-13-17(15-27-3)22(26)21(25)14-18;3*1-2/h9,11,13-16H,4-8,10,12,26H2,1-3H3,(H,29,31);3*1-2H3. The molecule has 2 aromatic rings. The first kappa shape index (κ1) is 34.0. The second-order valence-corrected chi connectivity index (χ2v) is 8.01. The van der Waals surface area contributed by atoms with Gasteiger partial charge >= 0.3 is 6.03 Å². The van der Waals surface area contributed by atoms with Gasteiger partial charge in [-0.15, -0.1) is 0 Å². The van der Waals surface area contributed by atoms with Gasteiger partial charge in [0.25, 0.3) is 0 Å². The molecule has 0 aliphatic carbocycles. The summed E-state index contributed by atoms with van der Waals surface area (Å²) < 4.78 is 14.2. The van der Waals surface area contributed by atoms with Crippen molar-refractivity contribution in [2.24, 2.45) is 4.99 Å².